The molecule has 0 spiro atoms. The van der Waals surface area contributed by atoms with Crippen molar-refractivity contribution in [3.8, 4) is 0 Å². The average molecular weight is 334 g/mol. The summed E-state index contributed by atoms with van der Waals surface area (Å²) in [7, 11) is 3.65. The van der Waals surface area contributed by atoms with Gasteiger partial charge in [0.1, 0.15) is 12.7 Å². The third-order valence-electron chi connectivity index (χ3n) is 3.32. The Morgan fingerprint density at radius 3 is 2.43 bits per heavy atom. The van der Waals surface area contributed by atoms with Gasteiger partial charge in [0, 0.05) is 25.5 Å². The van der Waals surface area contributed by atoms with Crippen molar-refractivity contribution in [2.24, 2.45) is 5.10 Å². The number of carbonyl (C=O) groups is 1. The summed E-state index contributed by atoms with van der Waals surface area (Å²) in [4.78, 5) is 14.4. The van der Waals surface area contributed by atoms with Crippen LogP contribution in [0.2, 0.25) is 0 Å². The molecule has 21 heavy (non-hydrogen) atoms. The van der Waals surface area contributed by atoms with Gasteiger partial charge in [0.25, 0.3) is 0 Å². The first-order valence-electron chi connectivity index (χ1n) is 6.23. The van der Waals surface area contributed by atoms with Crippen molar-refractivity contribution in [1.82, 2.24) is 5.01 Å². The number of hydrogen-bond donors (Lipinski definition) is 2. The molecule has 2 rings (SSSR count). The molecular weight excluding hydrogens is 315 g/mol. The summed E-state index contributed by atoms with van der Waals surface area (Å²) in [6, 6.07) is 7.67. The Labute approximate surface area is 172 Å². The third kappa shape index (κ3) is 4.36. The van der Waals surface area contributed by atoms with Gasteiger partial charge in [-0.05, 0) is 31.2 Å². The van der Waals surface area contributed by atoms with Crippen molar-refractivity contribution in [3.05, 3.63) is 24.3 Å². The summed E-state index contributed by atoms with van der Waals surface area (Å²) in [6.45, 7) is 2.01. The van der Waals surface area contributed by atoms with Gasteiger partial charge in [-0.3, -0.25) is 14.7 Å². The van der Waals surface area contributed by atoms with E-state index in [-0.39, 0.29) is 64.1 Å². The normalized spacial score (nSPS) is 17.3. The SMILES string of the molecule is CC1N(C)N=C(S)N1c1ccc(N(C)CC(=O)O)cc1.[KH]. The Hall–Kier alpha value is -0.254. The molecule has 1 unspecified atom stereocenters. The van der Waals surface area contributed by atoms with Gasteiger partial charge in [-0.1, -0.05) is 0 Å². The first-order valence-corrected chi connectivity index (χ1v) is 6.67. The molecule has 1 N–H and O–H groups in total. The molecule has 0 fully saturated rings. The molecule has 1 atom stereocenters. The van der Waals surface area contributed by atoms with Crippen molar-refractivity contribution >= 4 is 86.5 Å². The van der Waals surface area contributed by atoms with E-state index in [4.69, 9.17) is 5.11 Å². The Morgan fingerprint density at radius 1 is 1.43 bits per heavy atom. The number of hydrazone groups is 1. The zero-order valence-electron chi connectivity index (χ0n) is 11.7. The van der Waals surface area contributed by atoms with Crippen molar-refractivity contribution in [1.29, 1.82) is 0 Å². The summed E-state index contributed by atoms with van der Waals surface area (Å²) in [5.41, 5.74) is 1.83. The number of thiol groups is 1. The van der Waals surface area contributed by atoms with Gasteiger partial charge in [-0.25, -0.2) is 0 Å². The molecule has 0 saturated carbocycles. The number of amidine groups is 1. The third-order valence-corrected chi connectivity index (χ3v) is 3.62. The second kappa shape index (κ2) is 7.84. The number of benzene rings is 1. The zero-order chi connectivity index (χ0) is 14.9. The zero-order valence-corrected chi connectivity index (χ0v) is 12.6. The minimum absolute atomic E-state index is 0. The Bertz CT molecular complexity index is 537. The maximum atomic E-state index is 10.7. The fourth-order valence-electron chi connectivity index (χ4n) is 2.10. The summed E-state index contributed by atoms with van der Waals surface area (Å²) >= 11 is 4.38. The molecule has 1 aliphatic rings. The first kappa shape index (κ1) is 18.8. The van der Waals surface area contributed by atoms with Crippen LogP contribution >= 0.6 is 12.6 Å². The van der Waals surface area contributed by atoms with Gasteiger partial charge < -0.3 is 10.0 Å². The quantitative estimate of drug-likeness (QED) is 0.632. The molecule has 0 amide bonds. The number of carboxylic acids is 1. The van der Waals surface area contributed by atoms with E-state index in [1.165, 1.54) is 0 Å². The summed E-state index contributed by atoms with van der Waals surface area (Å²) in [5, 5.41) is 15.6. The number of likely N-dealkylation sites (N-methyl/N-ethyl adjacent to an activating group) is 1. The number of hydrogen-bond acceptors (Lipinski definition) is 5. The van der Waals surface area contributed by atoms with Gasteiger partial charge in [0.15, 0.2) is 5.17 Å². The molecule has 0 bridgehead atoms. The molecule has 1 aromatic carbocycles. The molecule has 110 valence electrons. The van der Waals surface area contributed by atoms with E-state index in [1.54, 1.807) is 11.9 Å². The van der Waals surface area contributed by atoms with Gasteiger partial charge >= 0.3 is 57.4 Å². The fourth-order valence-corrected chi connectivity index (χ4v) is 2.52. The Kier molecular flexibility index (Phi) is 7.02. The van der Waals surface area contributed by atoms with Crippen LogP contribution in [0.1, 0.15) is 6.92 Å². The minimum atomic E-state index is -0.851. The average Bonchev–Trinajstić information content (AvgIpc) is 2.63. The molecule has 0 aromatic heterocycles. The molecule has 1 heterocycles. The molecule has 8 heteroatoms. The standard InChI is InChI=1S/C13H18N4O2S.K.H/c1-9-16(3)14-13(20)17(9)11-6-4-10(5-7-11)15(2)8-12(18)19;;/h4-7,9H,8H2,1-3H3,(H,14,20)(H,18,19);;. The van der Waals surface area contributed by atoms with Gasteiger partial charge in [0.2, 0.25) is 0 Å². The second-order valence-corrected chi connectivity index (χ2v) is 5.14. The van der Waals surface area contributed by atoms with Crippen molar-refractivity contribution in [3.63, 3.8) is 0 Å². The van der Waals surface area contributed by atoms with Gasteiger partial charge in [-0.15, -0.1) is 12.6 Å². The monoisotopic (exact) mass is 334 g/mol. The fraction of sp³-hybridized carbons (Fsp3) is 0.385. The summed E-state index contributed by atoms with van der Waals surface area (Å²) in [6.07, 6.45) is 0.102. The van der Waals surface area contributed by atoms with Crippen LogP contribution < -0.4 is 9.80 Å². The van der Waals surface area contributed by atoms with Crippen LogP contribution in [-0.4, -0.2) is 99.4 Å². The van der Waals surface area contributed by atoms with Crippen molar-refractivity contribution in [2.75, 3.05) is 30.4 Å². The number of aliphatic carboxylic acids is 1. The van der Waals surface area contributed by atoms with Crippen LogP contribution in [0, 0.1) is 0 Å². The maximum absolute atomic E-state index is 10.7. The van der Waals surface area contributed by atoms with Crippen molar-refractivity contribution in [2.45, 2.75) is 13.1 Å². The van der Waals surface area contributed by atoms with E-state index in [0.717, 1.165) is 11.4 Å². The van der Waals surface area contributed by atoms with E-state index in [0.29, 0.717) is 5.17 Å². The predicted octanol–water partition coefficient (Wildman–Crippen LogP) is 0.857. The van der Waals surface area contributed by atoms with E-state index in [1.807, 2.05) is 48.1 Å². The number of carboxylic acid groups (broad SMARTS) is 1. The number of nitrogens with zero attached hydrogens (tertiary/aromatic N) is 4. The van der Waals surface area contributed by atoms with Crippen LogP contribution in [0.3, 0.4) is 0 Å². The van der Waals surface area contributed by atoms with Crippen LogP contribution in [-0.2, 0) is 4.79 Å². The first-order chi connectivity index (χ1) is 9.40. The van der Waals surface area contributed by atoms with E-state index in [2.05, 4.69) is 17.7 Å². The summed E-state index contributed by atoms with van der Waals surface area (Å²) < 4.78 is 0. The van der Waals surface area contributed by atoms with Gasteiger partial charge in [-0.2, -0.15) is 5.10 Å². The second-order valence-electron chi connectivity index (χ2n) is 4.74. The molecule has 1 aromatic rings. The van der Waals surface area contributed by atoms with E-state index >= 15 is 0 Å². The molecule has 0 aliphatic carbocycles. The summed E-state index contributed by atoms with van der Waals surface area (Å²) in [5.74, 6) is -0.851. The Morgan fingerprint density at radius 2 is 2.00 bits per heavy atom. The molecular formula is C13H19KN4O2S. The van der Waals surface area contributed by atoms with E-state index < -0.39 is 5.97 Å². The van der Waals surface area contributed by atoms with E-state index in [9.17, 15) is 4.79 Å². The number of anilines is 2. The van der Waals surface area contributed by atoms with Crippen LogP contribution in [0.5, 0.6) is 0 Å². The molecule has 6 nitrogen and oxygen atoms in total. The predicted molar refractivity (Wildman–Crippen MR) is 90.6 cm³/mol. The van der Waals surface area contributed by atoms with Gasteiger partial charge in [0.05, 0.1) is 0 Å². The van der Waals surface area contributed by atoms with Crippen LogP contribution in [0.25, 0.3) is 0 Å². The number of rotatable bonds is 4. The molecule has 0 radical (unpaired) electrons. The van der Waals surface area contributed by atoms with Crippen LogP contribution in [0.15, 0.2) is 29.4 Å². The van der Waals surface area contributed by atoms with Crippen molar-refractivity contribution < 1.29 is 9.90 Å². The molecule has 0 saturated heterocycles. The molecule has 1 aliphatic heterocycles. The van der Waals surface area contributed by atoms with Crippen LogP contribution in [0.4, 0.5) is 11.4 Å². The topological polar surface area (TPSA) is 59.4 Å². The Balaban J connectivity index is 0.00000220.